The van der Waals surface area contributed by atoms with Gasteiger partial charge in [0.2, 0.25) is 0 Å². The Morgan fingerprint density at radius 1 is 1.32 bits per heavy atom. The number of non-ortho nitro benzene ring substituents is 1. The van der Waals surface area contributed by atoms with Gasteiger partial charge in [-0.15, -0.1) is 5.11 Å². The van der Waals surface area contributed by atoms with Crippen LogP contribution in [0.3, 0.4) is 0 Å². The van der Waals surface area contributed by atoms with Crippen LogP contribution in [0.2, 0.25) is 0 Å². The van der Waals surface area contributed by atoms with E-state index in [0.717, 1.165) is 0 Å². The summed E-state index contributed by atoms with van der Waals surface area (Å²) in [5, 5.41) is 22.6. The standard InChI is InChI=1S/C11H12N6O2/c1-7-10(11(12)16(2)15-7)14-13-8-3-5-9(6-4-8)17(18)19/h3-6H,12H2,1-2H3/b14-13-. The number of nitro benzene ring substituents is 1. The maximum atomic E-state index is 10.5. The lowest BCUT2D eigenvalue weighted by Gasteiger charge is -1.94. The highest BCUT2D eigenvalue weighted by Gasteiger charge is 2.09. The van der Waals surface area contributed by atoms with E-state index >= 15 is 0 Å². The van der Waals surface area contributed by atoms with E-state index in [9.17, 15) is 10.1 Å². The highest BCUT2D eigenvalue weighted by molar-refractivity contribution is 5.60. The molecule has 0 atom stereocenters. The minimum Gasteiger partial charge on any atom is -0.382 e. The van der Waals surface area contributed by atoms with Crippen molar-refractivity contribution in [3.63, 3.8) is 0 Å². The molecule has 0 saturated carbocycles. The molecule has 8 heteroatoms. The fourth-order valence-corrected chi connectivity index (χ4v) is 1.54. The van der Waals surface area contributed by atoms with Gasteiger partial charge in [0.05, 0.1) is 16.3 Å². The first-order valence-corrected chi connectivity index (χ1v) is 5.44. The Kier molecular flexibility index (Phi) is 3.23. The average molecular weight is 260 g/mol. The van der Waals surface area contributed by atoms with Crippen LogP contribution in [0.1, 0.15) is 5.69 Å². The van der Waals surface area contributed by atoms with Crippen molar-refractivity contribution in [2.24, 2.45) is 17.3 Å². The van der Waals surface area contributed by atoms with Crippen LogP contribution < -0.4 is 5.73 Å². The Labute approximate surface area is 108 Å². The normalized spacial score (nSPS) is 11.1. The lowest BCUT2D eigenvalue weighted by atomic mass is 10.3. The summed E-state index contributed by atoms with van der Waals surface area (Å²) < 4.78 is 1.51. The van der Waals surface area contributed by atoms with Crippen molar-refractivity contribution < 1.29 is 4.92 Å². The van der Waals surface area contributed by atoms with Crippen LogP contribution in [-0.4, -0.2) is 14.7 Å². The predicted molar refractivity (Wildman–Crippen MR) is 69.6 cm³/mol. The summed E-state index contributed by atoms with van der Waals surface area (Å²) in [5.74, 6) is 0.420. The molecular weight excluding hydrogens is 248 g/mol. The number of azo groups is 1. The number of nitrogens with two attached hydrogens (primary N) is 1. The first-order chi connectivity index (χ1) is 8.99. The smallest absolute Gasteiger partial charge is 0.269 e. The Balaban J connectivity index is 2.25. The molecular formula is C11H12N6O2. The van der Waals surface area contributed by atoms with Crippen LogP contribution in [-0.2, 0) is 7.05 Å². The van der Waals surface area contributed by atoms with Gasteiger partial charge in [-0.25, -0.2) is 0 Å². The zero-order valence-corrected chi connectivity index (χ0v) is 10.4. The predicted octanol–water partition coefficient (Wildman–Crippen LogP) is 2.63. The zero-order chi connectivity index (χ0) is 14.0. The average Bonchev–Trinajstić information content (AvgIpc) is 2.62. The molecule has 0 amide bonds. The van der Waals surface area contributed by atoms with Crippen molar-refractivity contribution in [2.45, 2.75) is 6.92 Å². The maximum absolute atomic E-state index is 10.5. The molecule has 19 heavy (non-hydrogen) atoms. The van der Waals surface area contributed by atoms with E-state index in [1.165, 1.54) is 28.9 Å². The van der Waals surface area contributed by atoms with E-state index < -0.39 is 4.92 Å². The summed E-state index contributed by atoms with van der Waals surface area (Å²) in [6.07, 6.45) is 0. The van der Waals surface area contributed by atoms with Gasteiger partial charge in [0.1, 0.15) is 5.82 Å². The third-order valence-corrected chi connectivity index (χ3v) is 2.56. The number of nitrogens with zero attached hydrogens (tertiary/aromatic N) is 5. The minimum atomic E-state index is -0.468. The summed E-state index contributed by atoms with van der Waals surface area (Å²) in [6.45, 7) is 1.78. The van der Waals surface area contributed by atoms with Gasteiger partial charge >= 0.3 is 0 Å². The van der Waals surface area contributed by atoms with Crippen LogP contribution in [0.15, 0.2) is 34.5 Å². The van der Waals surface area contributed by atoms with E-state index in [1.807, 2.05) is 0 Å². The van der Waals surface area contributed by atoms with Crippen molar-refractivity contribution in [1.82, 2.24) is 9.78 Å². The van der Waals surface area contributed by atoms with Crippen molar-refractivity contribution >= 4 is 22.9 Å². The molecule has 1 aromatic carbocycles. The van der Waals surface area contributed by atoms with Crippen LogP contribution in [0.25, 0.3) is 0 Å². The van der Waals surface area contributed by atoms with Gasteiger partial charge in [-0.2, -0.15) is 10.2 Å². The molecule has 0 aliphatic heterocycles. The summed E-state index contributed by atoms with van der Waals surface area (Å²) in [5.41, 5.74) is 7.48. The third kappa shape index (κ3) is 2.57. The van der Waals surface area contributed by atoms with Crippen molar-refractivity contribution in [3.05, 3.63) is 40.1 Å². The Morgan fingerprint density at radius 3 is 2.42 bits per heavy atom. The molecule has 1 aromatic heterocycles. The Morgan fingerprint density at radius 2 is 1.95 bits per heavy atom. The molecule has 0 aliphatic carbocycles. The number of hydrogen-bond acceptors (Lipinski definition) is 6. The highest BCUT2D eigenvalue weighted by atomic mass is 16.6. The van der Waals surface area contributed by atoms with Gasteiger partial charge in [0.25, 0.3) is 5.69 Å². The third-order valence-electron chi connectivity index (χ3n) is 2.56. The molecule has 2 N–H and O–H groups in total. The van der Waals surface area contributed by atoms with E-state index in [0.29, 0.717) is 22.9 Å². The number of nitrogen functional groups attached to an aromatic ring is 1. The second kappa shape index (κ2) is 4.84. The Hall–Kier alpha value is -2.77. The van der Waals surface area contributed by atoms with Crippen LogP contribution in [0.4, 0.5) is 22.9 Å². The van der Waals surface area contributed by atoms with E-state index in [4.69, 9.17) is 5.73 Å². The number of aryl methyl sites for hydroxylation is 2. The number of benzene rings is 1. The van der Waals surface area contributed by atoms with Crippen molar-refractivity contribution in [2.75, 3.05) is 5.73 Å². The molecule has 0 saturated heterocycles. The SMILES string of the molecule is Cc1nn(C)c(N)c1/N=N\c1ccc([N+](=O)[O-])cc1. The largest absolute Gasteiger partial charge is 0.382 e. The highest BCUT2D eigenvalue weighted by Crippen LogP contribution is 2.27. The number of nitro groups is 1. The Bertz CT molecular complexity index is 644. The van der Waals surface area contributed by atoms with Crippen molar-refractivity contribution in [1.29, 1.82) is 0 Å². The fourth-order valence-electron chi connectivity index (χ4n) is 1.54. The van der Waals surface area contributed by atoms with Gasteiger partial charge in [-0.05, 0) is 19.1 Å². The summed E-state index contributed by atoms with van der Waals surface area (Å²) in [6, 6.07) is 5.77. The molecule has 8 nitrogen and oxygen atoms in total. The van der Waals surface area contributed by atoms with E-state index in [-0.39, 0.29) is 5.69 Å². The second-order valence-electron chi connectivity index (χ2n) is 3.92. The number of rotatable bonds is 3. The first-order valence-electron chi connectivity index (χ1n) is 5.44. The first kappa shape index (κ1) is 12.7. The molecule has 0 bridgehead atoms. The van der Waals surface area contributed by atoms with Gasteiger partial charge < -0.3 is 5.73 Å². The number of aromatic nitrogens is 2. The van der Waals surface area contributed by atoms with Gasteiger partial charge in [0.15, 0.2) is 5.69 Å². The van der Waals surface area contributed by atoms with Gasteiger partial charge in [-0.3, -0.25) is 14.8 Å². The maximum Gasteiger partial charge on any atom is 0.269 e. The lowest BCUT2D eigenvalue weighted by molar-refractivity contribution is -0.384. The molecule has 0 aliphatic rings. The topological polar surface area (TPSA) is 112 Å². The molecule has 0 radical (unpaired) electrons. The molecule has 0 unspecified atom stereocenters. The monoisotopic (exact) mass is 260 g/mol. The van der Waals surface area contributed by atoms with Crippen LogP contribution in [0, 0.1) is 17.0 Å². The van der Waals surface area contributed by atoms with E-state index in [1.54, 1.807) is 14.0 Å². The lowest BCUT2D eigenvalue weighted by Crippen LogP contribution is -1.96. The second-order valence-corrected chi connectivity index (χ2v) is 3.92. The van der Waals surface area contributed by atoms with Crippen molar-refractivity contribution in [3.8, 4) is 0 Å². The fraction of sp³-hybridized carbons (Fsp3) is 0.182. The molecule has 2 aromatic rings. The van der Waals surface area contributed by atoms with Gasteiger partial charge in [0, 0.05) is 19.2 Å². The van der Waals surface area contributed by atoms with E-state index in [2.05, 4.69) is 15.3 Å². The van der Waals surface area contributed by atoms with Crippen LogP contribution >= 0.6 is 0 Å². The summed E-state index contributed by atoms with van der Waals surface area (Å²) >= 11 is 0. The van der Waals surface area contributed by atoms with Crippen LogP contribution in [0.5, 0.6) is 0 Å². The van der Waals surface area contributed by atoms with Gasteiger partial charge in [-0.1, -0.05) is 0 Å². The molecule has 98 valence electrons. The molecule has 2 rings (SSSR count). The zero-order valence-electron chi connectivity index (χ0n) is 10.4. The summed E-state index contributed by atoms with van der Waals surface area (Å²) in [4.78, 5) is 10.0. The number of hydrogen-bond donors (Lipinski definition) is 1. The molecule has 0 spiro atoms. The summed E-state index contributed by atoms with van der Waals surface area (Å²) in [7, 11) is 1.72. The quantitative estimate of drug-likeness (QED) is 0.519. The molecule has 1 heterocycles. The number of anilines is 1. The minimum absolute atomic E-state index is 0.0102. The molecule has 0 fully saturated rings.